The molecule has 4 aromatic rings. The Kier molecular flexibility index (Phi) is 23.8. The van der Waals surface area contributed by atoms with E-state index in [1.807, 2.05) is 6.07 Å². The predicted molar refractivity (Wildman–Crippen MR) is 280 cm³/mol. The maximum atomic E-state index is 14.6. The van der Waals surface area contributed by atoms with E-state index in [1.165, 1.54) is 29.2 Å². The summed E-state index contributed by atoms with van der Waals surface area (Å²) in [7, 11) is 0. The van der Waals surface area contributed by atoms with Gasteiger partial charge in [0.15, 0.2) is 0 Å². The second-order valence-corrected chi connectivity index (χ2v) is 18.2. The van der Waals surface area contributed by atoms with Gasteiger partial charge in [0.05, 0.1) is 6.42 Å². The molecule has 0 heterocycles. The van der Waals surface area contributed by atoms with E-state index in [0.29, 0.717) is 22.3 Å². The maximum absolute atomic E-state index is 14.6. The van der Waals surface area contributed by atoms with E-state index >= 15 is 0 Å². The van der Waals surface area contributed by atoms with Gasteiger partial charge in [-0.15, -0.1) is 0 Å². The fraction of sp³-hybridized carbons (Fsp3) is 0.365. The lowest BCUT2D eigenvalue weighted by Crippen LogP contribution is -2.61. The van der Waals surface area contributed by atoms with Gasteiger partial charge in [0.2, 0.25) is 41.4 Å². The van der Waals surface area contributed by atoms with E-state index in [-0.39, 0.29) is 49.8 Å². The van der Waals surface area contributed by atoms with E-state index < -0.39 is 115 Å². The van der Waals surface area contributed by atoms with Crippen LogP contribution in [0.3, 0.4) is 0 Å². The van der Waals surface area contributed by atoms with Crippen LogP contribution in [0.5, 0.6) is 5.75 Å². The standard InChI is InChI=1S/C52H64N8O12S2/c1-3-32(2)45(49(67)55-38(23-24-43(53)62)46(64)57-40(26-44(54)63)50(68)59(42(31-74)51(69)70)27-34-13-7-4-8-14-34)58-47(65)39(25-33-19-21-37(61)22-20-33)56-48(66)41(30-73)60(28-35-15-9-5-10-16-35)52(71)72-29-36-17-11-6-12-18-36/h4-22,32,38-42,45,61,73-74H,3,23-31H2,1-2H3,(H2,53,62)(H2,54,63)(H,55,67)(H,56,66)(H,57,64)(H,58,65)(H,69,70)/t32-,38-,39-,40-,41-,42-,45-/m0/s1. The third-order valence-corrected chi connectivity index (χ3v) is 12.6. The number of hydrogen-bond acceptors (Lipinski definition) is 13. The first kappa shape index (κ1) is 59.0. The SMILES string of the molecule is CC[C@H](C)[C@H](NC(=O)[C@H](Cc1ccc(O)cc1)NC(=O)[C@H](CS)N(Cc1ccccc1)C(=O)OCc1ccccc1)C(=O)N[C@@H](CCC(N)=O)C(=O)N[C@@H](CC(N)=O)C(=O)N(Cc1ccccc1)[C@@H](CS)C(=O)O. The quantitative estimate of drug-likeness (QED) is 0.0351. The predicted octanol–water partition coefficient (Wildman–Crippen LogP) is 2.61. The summed E-state index contributed by atoms with van der Waals surface area (Å²) in [5.41, 5.74) is 13.3. The van der Waals surface area contributed by atoms with Gasteiger partial charge in [-0.2, -0.15) is 25.3 Å². The molecule has 0 unspecified atom stereocenters. The number of amides is 8. The number of nitrogens with two attached hydrogens (primary N) is 2. The number of benzene rings is 4. The summed E-state index contributed by atoms with van der Waals surface area (Å²) in [6.07, 6.45) is -2.41. The molecule has 0 aliphatic heterocycles. The second-order valence-electron chi connectivity index (χ2n) is 17.4. The van der Waals surface area contributed by atoms with Crippen LogP contribution in [0.4, 0.5) is 4.79 Å². The van der Waals surface area contributed by atoms with Crippen molar-refractivity contribution < 1.29 is 58.1 Å². The molecule has 0 spiro atoms. The van der Waals surface area contributed by atoms with Crippen LogP contribution >= 0.6 is 25.3 Å². The van der Waals surface area contributed by atoms with Gasteiger partial charge in [0.25, 0.3) is 0 Å². The number of carbonyl (C=O) groups excluding carboxylic acids is 8. The second kappa shape index (κ2) is 29.8. The van der Waals surface area contributed by atoms with E-state index in [2.05, 4.69) is 46.5 Å². The molecular weight excluding hydrogens is 993 g/mol. The number of nitrogens with zero attached hydrogens (tertiary/aromatic N) is 2. The molecule has 0 aromatic heterocycles. The van der Waals surface area contributed by atoms with Crippen molar-refractivity contribution in [3.05, 3.63) is 138 Å². The summed E-state index contributed by atoms with van der Waals surface area (Å²) in [6.45, 7) is 2.92. The van der Waals surface area contributed by atoms with Crippen LogP contribution in [0.1, 0.15) is 61.8 Å². The Morgan fingerprint density at radius 2 is 1.09 bits per heavy atom. The Labute approximate surface area is 440 Å². The molecule has 20 nitrogen and oxygen atoms in total. The highest BCUT2D eigenvalue weighted by atomic mass is 32.1. The van der Waals surface area contributed by atoms with E-state index in [9.17, 15) is 53.4 Å². The Morgan fingerprint density at radius 1 is 0.595 bits per heavy atom. The first-order valence-electron chi connectivity index (χ1n) is 23.7. The number of thiol groups is 2. The monoisotopic (exact) mass is 1060 g/mol. The van der Waals surface area contributed by atoms with Crippen molar-refractivity contribution in [3.8, 4) is 5.75 Å². The summed E-state index contributed by atoms with van der Waals surface area (Å²) < 4.78 is 5.66. The average Bonchev–Trinajstić information content (AvgIpc) is 3.38. The van der Waals surface area contributed by atoms with Crippen molar-refractivity contribution in [2.24, 2.45) is 17.4 Å². The van der Waals surface area contributed by atoms with Crippen LogP contribution in [-0.4, -0.2) is 121 Å². The van der Waals surface area contributed by atoms with Crippen LogP contribution in [-0.2, 0) is 69.2 Å². The highest BCUT2D eigenvalue weighted by molar-refractivity contribution is 7.80. The lowest BCUT2D eigenvalue weighted by molar-refractivity contribution is -0.151. The minimum atomic E-state index is -1.76. The van der Waals surface area contributed by atoms with Crippen LogP contribution in [0, 0.1) is 5.92 Å². The molecule has 74 heavy (non-hydrogen) atoms. The summed E-state index contributed by atoms with van der Waals surface area (Å²) in [4.78, 5) is 125. The molecule has 0 aliphatic carbocycles. The Balaban J connectivity index is 1.65. The van der Waals surface area contributed by atoms with Crippen molar-refractivity contribution in [2.75, 3.05) is 11.5 Å². The molecule has 7 atom stereocenters. The number of carbonyl (C=O) groups is 9. The molecule has 0 saturated heterocycles. The third kappa shape index (κ3) is 18.5. The van der Waals surface area contributed by atoms with Gasteiger partial charge in [-0.05, 0) is 46.7 Å². The lowest BCUT2D eigenvalue weighted by Gasteiger charge is -2.33. The summed E-state index contributed by atoms with van der Waals surface area (Å²) >= 11 is 8.59. The van der Waals surface area contributed by atoms with Gasteiger partial charge < -0.3 is 52.6 Å². The molecule has 396 valence electrons. The fourth-order valence-corrected chi connectivity index (χ4v) is 8.35. The lowest BCUT2D eigenvalue weighted by atomic mass is 9.96. The zero-order chi connectivity index (χ0) is 54.3. The number of primary amides is 2. The van der Waals surface area contributed by atoms with E-state index in [0.717, 1.165) is 4.90 Å². The Bertz CT molecular complexity index is 2530. The number of carboxylic acids is 1. The number of phenolic OH excluding ortho intramolecular Hbond substituents is 1. The van der Waals surface area contributed by atoms with E-state index in [1.54, 1.807) is 98.8 Å². The maximum Gasteiger partial charge on any atom is 0.411 e. The zero-order valence-electron chi connectivity index (χ0n) is 41.0. The average molecular weight is 1060 g/mol. The minimum absolute atomic E-state index is 0.0696. The molecule has 0 bridgehead atoms. The normalized spacial score (nSPS) is 13.7. The Hall–Kier alpha value is -7.59. The van der Waals surface area contributed by atoms with Gasteiger partial charge in [-0.1, -0.05) is 123 Å². The number of nitrogens with one attached hydrogen (secondary N) is 4. The molecule has 22 heteroatoms. The molecule has 4 aromatic carbocycles. The number of rotatable bonds is 29. The van der Waals surface area contributed by atoms with Crippen LogP contribution < -0.4 is 32.7 Å². The number of aromatic hydroxyl groups is 1. The van der Waals surface area contributed by atoms with Gasteiger partial charge in [-0.3, -0.25) is 38.5 Å². The number of hydrogen-bond donors (Lipinski definition) is 10. The number of ether oxygens (including phenoxy) is 1. The number of carboxylic acid groups (broad SMARTS) is 1. The zero-order valence-corrected chi connectivity index (χ0v) is 42.8. The van der Waals surface area contributed by atoms with Crippen molar-refractivity contribution in [2.45, 2.75) is 102 Å². The molecule has 0 aliphatic rings. The topological polar surface area (TPSA) is 310 Å². The van der Waals surface area contributed by atoms with Crippen molar-refractivity contribution >= 4 is 78.7 Å². The molecule has 0 saturated carbocycles. The Morgan fingerprint density at radius 3 is 1.59 bits per heavy atom. The highest BCUT2D eigenvalue weighted by Crippen LogP contribution is 2.19. The van der Waals surface area contributed by atoms with Crippen LogP contribution in [0.15, 0.2) is 115 Å². The highest BCUT2D eigenvalue weighted by Gasteiger charge is 2.39. The first-order valence-corrected chi connectivity index (χ1v) is 25.0. The van der Waals surface area contributed by atoms with Crippen LogP contribution in [0.25, 0.3) is 0 Å². The molecule has 0 fully saturated rings. The molecule has 8 amide bonds. The smallest absolute Gasteiger partial charge is 0.411 e. The molecule has 4 rings (SSSR count). The van der Waals surface area contributed by atoms with Crippen LogP contribution in [0.2, 0.25) is 0 Å². The molecule has 10 N–H and O–H groups in total. The van der Waals surface area contributed by atoms with Gasteiger partial charge >= 0.3 is 12.1 Å². The van der Waals surface area contributed by atoms with Gasteiger partial charge in [0.1, 0.15) is 48.6 Å². The summed E-state index contributed by atoms with van der Waals surface area (Å²) in [6, 6.07) is 22.8. The minimum Gasteiger partial charge on any atom is -0.508 e. The molecule has 0 radical (unpaired) electrons. The summed E-state index contributed by atoms with van der Waals surface area (Å²) in [5, 5.41) is 30.5. The van der Waals surface area contributed by atoms with Gasteiger partial charge in [-0.25, -0.2) is 9.59 Å². The number of phenols is 1. The fourth-order valence-electron chi connectivity index (χ4n) is 7.63. The number of aliphatic carboxylic acids is 1. The molecular formula is C52H64N8O12S2. The van der Waals surface area contributed by atoms with Crippen molar-refractivity contribution in [3.63, 3.8) is 0 Å². The van der Waals surface area contributed by atoms with E-state index in [4.69, 9.17) is 16.2 Å². The third-order valence-electron chi connectivity index (χ3n) is 11.9. The van der Waals surface area contributed by atoms with Crippen molar-refractivity contribution in [1.82, 2.24) is 31.1 Å². The largest absolute Gasteiger partial charge is 0.508 e. The van der Waals surface area contributed by atoms with Crippen molar-refractivity contribution in [1.29, 1.82) is 0 Å². The first-order chi connectivity index (χ1) is 35.3. The van der Waals surface area contributed by atoms with Gasteiger partial charge in [0, 0.05) is 37.4 Å². The summed E-state index contributed by atoms with van der Waals surface area (Å²) in [5.74, 6) is -9.31.